The van der Waals surface area contributed by atoms with Crippen LogP contribution in [0, 0.1) is 11.3 Å². The van der Waals surface area contributed by atoms with Gasteiger partial charge in [0.1, 0.15) is 5.69 Å². The van der Waals surface area contributed by atoms with Crippen LogP contribution in [0.4, 0.5) is 5.13 Å². The highest BCUT2D eigenvalue weighted by Gasteiger charge is 2.11. The van der Waals surface area contributed by atoms with E-state index in [4.69, 9.17) is 5.26 Å². The monoisotopic (exact) mass is 307 g/mol. The van der Waals surface area contributed by atoms with E-state index >= 15 is 0 Å². The van der Waals surface area contributed by atoms with Crippen LogP contribution in [-0.4, -0.2) is 20.9 Å². The molecule has 22 heavy (non-hydrogen) atoms. The zero-order valence-electron chi connectivity index (χ0n) is 11.2. The number of hydrogen-bond donors (Lipinski definition) is 1. The molecule has 106 valence electrons. The lowest BCUT2D eigenvalue weighted by atomic mass is 10.1. The third kappa shape index (κ3) is 2.97. The van der Waals surface area contributed by atoms with Crippen molar-refractivity contribution in [2.45, 2.75) is 0 Å². The van der Waals surface area contributed by atoms with Crippen molar-refractivity contribution < 1.29 is 4.79 Å². The Balaban J connectivity index is 1.76. The molecule has 3 aromatic rings. The third-order valence-electron chi connectivity index (χ3n) is 2.83. The van der Waals surface area contributed by atoms with Gasteiger partial charge in [0.15, 0.2) is 5.13 Å². The van der Waals surface area contributed by atoms with E-state index in [1.54, 1.807) is 12.1 Å². The fourth-order valence-electron chi connectivity index (χ4n) is 1.76. The first-order valence-electron chi connectivity index (χ1n) is 6.30. The number of carbonyl (C=O) groups is 1. The summed E-state index contributed by atoms with van der Waals surface area (Å²) in [6.07, 6.45) is 4.35. The first-order chi connectivity index (χ1) is 10.8. The highest BCUT2D eigenvalue weighted by Crippen LogP contribution is 2.25. The molecule has 1 amide bonds. The molecule has 3 rings (SSSR count). The second kappa shape index (κ2) is 6.11. The van der Waals surface area contributed by atoms with Gasteiger partial charge in [0.2, 0.25) is 0 Å². The van der Waals surface area contributed by atoms with Crippen LogP contribution in [0.2, 0.25) is 0 Å². The average Bonchev–Trinajstić information content (AvgIpc) is 3.04. The molecule has 0 aliphatic heterocycles. The largest absolute Gasteiger partial charge is 0.296 e. The fraction of sp³-hybridized carbons (Fsp3) is 0. The first kappa shape index (κ1) is 13.9. The van der Waals surface area contributed by atoms with Crippen LogP contribution in [0.1, 0.15) is 16.1 Å². The van der Waals surface area contributed by atoms with E-state index in [1.807, 2.05) is 17.5 Å². The number of nitrogens with zero attached hydrogens (tertiary/aromatic N) is 4. The molecule has 0 saturated carbocycles. The lowest BCUT2D eigenvalue weighted by molar-refractivity contribution is 0.102. The zero-order valence-corrected chi connectivity index (χ0v) is 12.0. The Morgan fingerprint density at radius 2 is 2.05 bits per heavy atom. The SMILES string of the molecule is N#Cc1ccc(-c2csc(NC(=O)c3cnccn3)n2)cc1. The van der Waals surface area contributed by atoms with E-state index in [9.17, 15) is 4.79 Å². The Labute approximate surface area is 130 Å². The van der Waals surface area contributed by atoms with Crippen molar-refractivity contribution in [1.82, 2.24) is 15.0 Å². The number of rotatable bonds is 3. The molecule has 0 atom stereocenters. The number of nitriles is 1. The Morgan fingerprint density at radius 1 is 1.23 bits per heavy atom. The molecular formula is C15H9N5OS. The lowest BCUT2D eigenvalue weighted by Crippen LogP contribution is -2.13. The molecule has 0 fully saturated rings. The lowest BCUT2D eigenvalue weighted by Gasteiger charge is -1.99. The van der Waals surface area contributed by atoms with E-state index < -0.39 is 0 Å². The molecule has 2 aromatic heterocycles. The van der Waals surface area contributed by atoms with Crippen molar-refractivity contribution in [3.63, 3.8) is 0 Å². The van der Waals surface area contributed by atoms with Gasteiger partial charge in [-0.15, -0.1) is 11.3 Å². The maximum Gasteiger partial charge on any atom is 0.277 e. The molecule has 0 radical (unpaired) electrons. The second-order valence-electron chi connectivity index (χ2n) is 4.27. The first-order valence-corrected chi connectivity index (χ1v) is 7.17. The van der Waals surface area contributed by atoms with Gasteiger partial charge in [0.25, 0.3) is 5.91 Å². The number of anilines is 1. The smallest absolute Gasteiger partial charge is 0.277 e. The van der Waals surface area contributed by atoms with Crippen LogP contribution in [-0.2, 0) is 0 Å². The van der Waals surface area contributed by atoms with Crippen molar-refractivity contribution in [3.8, 4) is 17.3 Å². The standard InChI is InChI=1S/C15H9N5OS/c16-7-10-1-3-11(4-2-10)13-9-22-15(19-13)20-14(21)12-8-17-5-6-18-12/h1-6,8-9H,(H,19,20,21). The number of thiazole rings is 1. The number of aromatic nitrogens is 3. The third-order valence-corrected chi connectivity index (χ3v) is 3.59. The number of hydrogen-bond acceptors (Lipinski definition) is 6. The zero-order chi connectivity index (χ0) is 15.4. The fourth-order valence-corrected chi connectivity index (χ4v) is 2.47. The van der Waals surface area contributed by atoms with Crippen molar-refractivity contribution in [1.29, 1.82) is 5.26 Å². The predicted molar refractivity (Wildman–Crippen MR) is 82.3 cm³/mol. The maximum atomic E-state index is 12.0. The molecule has 0 unspecified atom stereocenters. The van der Waals surface area contributed by atoms with Gasteiger partial charge in [-0.2, -0.15) is 5.26 Å². The Morgan fingerprint density at radius 3 is 2.73 bits per heavy atom. The van der Waals surface area contributed by atoms with Crippen molar-refractivity contribution in [2.24, 2.45) is 0 Å². The van der Waals surface area contributed by atoms with Gasteiger partial charge in [-0.05, 0) is 12.1 Å². The molecule has 0 bridgehead atoms. The summed E-state index contributed by atoms with van der Waals surface area (Å²) in [7, 11) is 0. The van der Waals surface area contributed by atoms with E-state index in [0.29, 0.717) is 10.7 Å². The highest BCUT2D eigenvalue weighted by atomic mass is 32.1. The Hall–Kier alpha value is -3.11. The van der Waals surface area contributed by atoms with Gasteiger partial charge in [0, 0.05) is 23.3 Å². The van der Waals surface area contributed by atoms with Crippen LogP contribution < -0.4 is 5.32 Å². The van der Waals surface area contributed by atoms with E-state index in [0.717, 1.165) is 11.3 Å². The number of carbonyl (C=O) groups excluding carboxylic acids is 1. The summed E-state index contributed by atoms with van der Waals surface area (Å²) < 4.78 is 0. The van der Waals surface area contributed by atoms with Gasteiger partial charge < -0.3 is 0 Å². The Bertz CT molecular complexity index is 836. The molecule has 7 heteroatoms. The van der Waals surface area contributed by atoms with Gasteiger partial charge in [-0.1, -0.05) is 12.1 Å². The van der Waals surface area contributed by atoms with Crippen molar-refractivity contribution in [2.75, 3.05) is 5.32 Å². The van der Waals surface area contributed by atoms with E-state index in [1.165, 1.54) is 29.9 Å². The maximum absolute atomic E-state index is 12.0. The predicted octanol–water partition coefficient (Wildman–Crippen LogP) is 2.72. The van der Waals surface area contributed by atoms with E-state index in [-0.39, 0.29) is 11.6 Å². The summed E-state index contributed by atoms with van der Waals surface area (Å²) in [5.41, 5.74) is 2.45. The summed E-state index contributed by atoms with van der Waals surface area (Å²) in [6.45, 7) is 0. The summed E-state index contributed by atoms with van der Waals surface area (Å²) in [6, 6.07) is 9.17. The average molecular weight is 307 g/mol. The van der Waals surface area contributed by atoms with Crippen LogP contribution in [0.15, 0.2) is 48.2 Å². The molecule has 1 aromatic carbocycles. The molecule has 0 aliphatic carbocycles. The normalized spacial score (nSPS) is 9.95. The molecule has 0 spiro atoms. The van der Waals surface area contributed by atoms with Crippen LogP contribution in [0.25, 0.3) is 11.3 Å². The molecule has 0 saturated heterocycles. The molecule has 1 N–H and O–H groups in total. The van der Waals surface area contributed by atoms with Crippen molar-refractivity contribution in [3.05, 3.63) is 59.5 Å². The minimum Gasteiger partial charge on any atom is -0.296 e. The topological polar surface area (TPSA) is 91.6 Å². The second-order valence-corrected chi connectivity index (χ2v) is 5.13. The van der Waals surface area contributed by atoms with Crippen LogP contribution in [0.3, 0.4) is 0 Å². The number of amides is 1. The molecule has 2 heterocycles. The van der Waals surface area contributed by atoms with Gasteiger partial charge in [-0.25, -0.2) is 9.97 Å². The summed E-state index contributed by atoms with van der Waals surface area (Å²) in [5, 5.41) is 13.8. The Kier molecular flexibility index (Phi) is 3.85. The van der Waals surface area contributed by atoms with Gasteiger partial charge in [-0.3, -0.25) is 15.1 Å². The molecule has 6 nitrogen and oxygen atoms in total. The number of nitrogens with one attached hydrogen (secondary N) is 1. The minimum atomic E-state index is -0.353. The van der Waals surface area contributed by atoms with Crippen molar-refractivity contribution >= 4 is 22.4 Å². The summed E-state index contributed by atoms with van der Waals surface area (Å²) in [5.74, 6) is -0.353. The van der Waals surface area contributed by atoms with Crippen LogP contribution >= 0.6 is 11.3 Å². The summed E-state index contributed by atoms with van der Waals surface area (Å²) in [4.78, 5) is 24.1. The summed E-state index contributed by atoms with van der Waals surface area (Å²) >= 11 is 1.32. The van der Waals surface area contributed by atoms with Gasteiger partial charge >= 0.3 is 0 Å². The highest BCUT2D eigenvalue weighted by molar-refractivity contribution is 7.14. The molecule has 0 aliphatic rings. The minimum absolute atomic E-state index is 0.234. The van der Waals surface area contributed by atoms with Gasteiger partial charge in [0.05, 0.1) is 23.5 Å². The van der Waals surface area contributed by atoms with E-state index in [2.05, 4.69) is 26.3 Å². The van der Waals surface area contributed by atoms with Crippen LogP contribution in [0.5, 0.6) is 0 Å². The molecular weight excluding hydrogens is 298 g/mol. The number of benzene rings is 1. The quantitative estimate of drug-likeness (QED) is 0.803.